The molecule has 29 heavy (non-hydrogen) atoms. The van der Waals surface area contributed by atoms with Crippen molar-refractivity contribution in [3.63, 3.8) is 0 Å². The maximum absolute atomic E-state index is 12.9. The van der Waals surface area contributed by atoms with E-state index in [1.54, 1.807) is 0 Å². The Labute approximate surface area is 176 Å². The first-order chi connectivity index (χ1) is 14.1. The van der Waals surface area contributed by atoms with Crippen LogP contribution in [-0.2, 0) is 4.79 Å². The molecule has 4 rings (SSSR count). The summed E-state index contributed by atoms with van der Waals surface area (Å²) in [7, 11) is 0. The van der Waals surface area contributed by atoms with Gasteiger partial charge in [0.05, 0.1) is 4.87 Å². The van der Waals surface area contributed by atoms with Gasteiger partial charge in [0.1, 0.15) is 5.75 Å². The topological polar surface area (TPSA) is 49.9 Å². The van der Waals surface area contributed by atoms with E-state index >= 15 is 0 Å². The van der Waals surface area contributed by atoms with E-state index in [1.807, 2.05) is 83.1 Å². The molecule has 1 spiro atoms. The quantitative estimate of drug-likeness (QED) is 0.773. The first kappa shape index (κ1) is 19.8. The normalized spacial score (nSPS) is 18.1. The first-order valence-corrected chi connectivity index (χ1v) is 11.0. The second kappa shape index (κ2) is 8.49. The van der Waals surface area contributed by atoms with Gasteiger partial charge >= 0.3 is 0 Å². The number of likely N-dealkylation sites (tertiary alicyclic amines) is 1. The van der Waals surface area contributed by atoms with Crippen LogP contribution in [-0.4, -0.2) is 58.5 Å². The third-order valence-corrected chi connectivity index (χ3v) is 7.34. The number of para-hydroxylation sites is 1. The van der Waals surface area contributed by atoms with Gasteiger partial charge in [-0.1, -0.05) is 36.4 Å². The molecule has 152 valence electrons. The summed E-state index contributed by atoms with van der Waals surface area (Å²) >= 11 is 1.85. The van der Waals surface area contributed by atoms with Gasteiger partial charge in [-0.3, -0.25) is 9.59 Å². The van der Waals surface area contributed by atoms with E-state index in [1.165, 1.54) is 0 Å². The van der Waals surface area contributed by atoms with E-state index in [0.717, 1.165) is 36.3 Å². The molecule has 0 saturated carbocycles. The highest BCUT2D eigenvalue weighted by Gasteiger charge is 2.47. The van der Waals surface area contributed by atoms with Crippen molar-refractivity contribution < 1.29 is 14.3 Å². The van der Waals surface area contributed by atoms with Crippen LogP contribution in [0.25, 0.3) is 0 Å². The smallest absolute Gasteiger partial charge is 0.261 e. The Morgan fingerprint density at radius 3 is 2.41 bits per heavy atom. The standard InChI is InChI=1S/C23H26N2O3S/c1-18-7-5-6-10-20(18)22(27)24-13-11-23(12-14-24)25(15-16-29-23)21(26)17-28-19-8-3-2-4-9-19/h2-10H,11-17H2,1H3. The number of thioether (sulfide) groups is 1. The number of aryl methyl sites for hydroxylation is 1. The summed E-state index contributed by atoms with van der Waals surface area (Å²) in [6.07, 6.45) is 1.60. The number of rotatable bonds is 4. The van der Waals surface area contributed by atoms with Crippen LogP contribution >= 0.6 is 11.8 Å². The summed E-state index contributed by atoms with van der Waals surface area (Å²) in [6.45, 7) is 4.11. The summed E-state index contributed by atoms with van der Waals surface area (Å²) in [5, 5.41) is 0. The van der Waals surface area contributed by atoms with Crippen LogP contribution in [0.1, 0.15) is 28.8 Å². The van der Waals surface area contributed by atoms with Gasteiger partial charge in [0.25, 0.3) is 11.8 Å². The number of carbonyl (C=O) groups excluding carboxylic acids is 2. The number of hydrogen-bond acceptors (Lipinski definition) is 4. The lowest BCUT2D eigenvalue weighted by Crippen LogP contribution is -2.54. The summed E-state index contributed by atoms with van der Waals surface area (Å²) in [5.41, 5.74) is 1.77. The number of hydrogen-bond donors (Lipinski definition) is 0. The molecule has 5 nitrogen and oxygen atoms in total. The predicted octanol–water partition coefficient (Wildman–Crippen LogP) is 3.58. The lowest BCUT2D eigenvalue weighted by molar-refractivity contribution is -0.136. The van der Waals surface area contributed by atoms with E-state index in [2.05, 4.69) is 0 Å². The van der Waals surface area contributed by atoms with Crippen LogP contribution in [0.5, 0.6) is 5.75 Å². The fourth-order valence-corrected chi connectivity index (χ4v) is 5.63. The van der Waals surface area contributed by atoms with Gasteiger partial charge in [-0.05, 0) is 43.5 Å². The third kappa shape index (κ3) is 4.13. The van der Waals surface area contributed by atoms with Crippen LogP contribution in [0.4, 0.5) is 0 Å². The van der Waals surface area contributed by atoms with Crippen molar-refractivity contribution >= 4 is 23.6 Å². The fourth-order valence-electron chi connectivity index (χ4n) is 4.16. The molecule has 2 fully saturated rings. The number of piperidine rings is 1. The van der Waals surface area contributed by atoms with Gasteiger partial charge < -0.3 is 14.5 Å². The zero-order valence-electron chi connectivity index (χ0n) is 16.7. The third-order valence-electron chi connectivity index (χ3n) is 5.79. The number of nitrogens with zero attached hydrogens (tertiary/aromatic N) is 2. The van der Waals surface area contributed by atoms with Crippen molar-refractivity contribution in [3.05, 3.63) is 65.7 Å². The van der Waals surface area contributed by atoms with Crippen LogP contribution in [0, 0.1) is 6.92 Å². The minimum atomic E-state index is -0.209. The fraction of sp³-hybridized carbons (Fsp3) is 0.391. The molecule has 2 aliphatic rings. The number of benzene rings is 2. The Morgan fingerprint density at radius 2 is 1.69 bits per heavy atom. The molecule has 2 aromatic carbocycles. The minimum Gasteiger partial charge on any atom is -0.484 e. The summed E-state index contributed by atoms with van der Waals surface area (Å²) in [6, 6.07) is 17.2. The van der Waals surface area contributed by atoms with Crippen molar-refractivity contribution in [2.24, 2.45) is 0 Å². The molecule has 0 radical (unpaired) electrons. The Morgan fingerprint density at radius 1 is 1.00 bits per heavy atom. The lowest BCUT2D eigenvalue weighted by Gasteiger charge is -2.44. The van der Waals surface area contributed by atoms with Crippen LogP contribution in [0.3, 0.4) is 0 Å². The summed E-state index contributed by atoms with van der Waals surface area (Å²) < 4.78 is 5.68. The Bertz CT molecular complexity index is 879. The van der Waals surface area contributed by atoms with Crippen LogP contribution < -0.4 is 4.74 Å². The van der Waals surface area contributed by atoms with Gasteiger partial charge in [-0.25, -0.2) is 0 Å². The SMILES string of the molecule is Cc1ccccc1C(=O)N1CCC2(CC1)SCCN2C(=O)COc1ccccc1. The molecule has 2 heterocycles. The summed E-state index contributed by atoms with van der Waals surface area (Å²) in [4.78, 5) is 29.5. The highest BCUT2D eigenvalue weighted by Crippen LogP contribution is 2.44. The molecule has 0 unspecified atom stereocenters. The largest absolute Gasteiger partial charge is 0.484 e. The predicted molar refractivity (Wildman–Crippen MR) is 115 cm³/mol. The zero-order chi connectivity index (χ0) is 20.3. The number of ether oxygens (including phenoxy) is 1. The molecule has 0 atom stereocenters. The second-order valence-electron chi connectivity index (χ2n) is 7.55. The van der Waals surface area contributed by atoms with Gasteiger partial charge in [-0.2, -0.15) is 0 Å². The number of carbonyl (C=O) groups is 2. The van der Waals surface area contributed by atoms with Gasteiger partial charge in [0.15, 0.2) is 6.61 Å². The Hall–Kier alpha value is -2.47. The van der Waals surface area contributed by atoms with E-state index in [4.69, 9.17) is 4.74 Å². The van der Waals surface area contributed by atoms with E-state index in [9.17, 15) is 9.59 Å². The monoisotopic (exact) mass is 410 g/mol. The lowest BCUT2D eigenvalue weighted by atomic mass is 10.00. The Balaban J connectivity index is 1.38. The maximum atomic E-state index is 12.9. The maximum Gasteiger partial charge on any atom is 0.261 e. The Kier molecular flexibility index (Phi) is 5.81. The second-order valence-corrected chi connectivity index (χ2v) is 9.01. The molecule has 2 aliphatic heterocycles. The molecule has 6 heteroatoms. The molecule has 2 aromatic rings. The van der Waals surface area contributed by atoms with Crippen LogP contribution in [0.2, 0.25) is 0 Å². The number of amides is 2. The van der Waals surface area contributed by atoms with Gasteiger partial charge in [-0.15, -0.1) is 11.8 Å². The minimum absolute atomic E-state index is 0.0255. The first-order valence-electron chi connectivity index (χ1n) is 10.1. The zero-order valence-corrected chi connectivity index (χ0v) is 17.5. The van der Waals surface area contributed by atoms with Gasteiger partial charge in [0.2, 0.25) is 0 Å². The van der Waals surface area contributed by atoms with Crippen LogP contribution in [0.15, 0.2) is 54.6 Å². The van der Waals surface area contributed by atoms with Crippen molar-refractivity contribution in [2.45, 2.75) is 24.6 Å². The molecule has 0 aliphatic carbocycles. The van der Waals surface area contributed by atoms with Gasteiger partial charge in [0, 0.05) is 31.0 Å². The van der Waals surface area contributed by atoms with Crippen molar-refractivity contribution in [2.75, 3.05) is 32.0 Å². The molecular formula is C23H26N2O3S. The molecule has 2 amide bonds. The molecule has 0 aromatic heterocycles. The summed E-state index contributed by atoms with van der Waals surface area (Å²) in [5.74, 6) is 1.76. The molecular weight excluding hydrogens is 384 g/mol. The average molecular weight is 411 g/mol. The molecule has 0 bridgehead atoms. The van der Waals surface area contributed by atoms with Crippen molar-refractivity contribution in [1.29, 1.82) is 0 Å². The van der Waals surface area contributed by atoms with Crippen molar-refractivity contribution in [3.8, 4) is 5.75 Å². The molecule has 0 N–H and O–H groups in total. The average Bonchev–Trinajstić information content (AvgIpc) is 3.16. The highest BCUT2D eigenvalue weighted by molar-refractivity contribution is 8.00. The van der Waals surface area contributed by atoms with E-state index < -0.39 is 0 Å². The highest BCUT2D eigenvalue weighted by atomic mass is 32.2. The van der Waals surface area contributed by atoms with Crippen molar-refractivity contribution in [1.82, 2.24) is 9.80 Å². The van der Waals surface area contributed by atoms with E-state index in [0.29, 0.717) is 18.8 Å². The van der Waals surface area contributed by atoms with E-state index in [-0.39, 0.29) is 23.3 Å². The molecule has 2 saturated heterocycles.